The number of aliphatic hydroxyl groups excluding tert-OH is 3. The Bertz CT molecular complexity index is 3300. The normalized spacial score (nSPS) is 30.1. The molecule has 8 rings (SSSR count). The van der Waals surface area contributed by atoms with Crippen molar-refractivity contribution in [2.75, 3.05) is 51.6 Å². The Kier molecular flexibility index (Phi) is 17.2. The zero-order valence-electron chi connectivity index (χ0n) is 39.8. The van der Waals surface area contributed by atoms with E-state index >= 15 is 0 Å². The van der Waals surface area contributed by atoms with Gasteiger partial charge in [0.15, 0.2) is 30.2 Å². The zero-order valence-corrected chi connectivity index (χ0v) is 43.4. The summed E-state index contributed by atoms with van der Waals surface area (Å²) in [5.41, 5.74) is 7.18. The molecular weight excluding hydrogens is 1110 g/mol. The van der Waals surface area contributed by atoms with Crippen LogP contribution in [0.3, 0.4) is 0 Å². The third kappa shape index (κ3) is 12.2. The number of nitrogen functional groups attached to an aromatic ring is 2. The molecule has 3 fully saturated rings. The fraction of sp³-hybridized carbons (Fsp3) is 0.611. The van der Waals surface area contributed by atoms with Crippen LogP contribution >= 0.6 is 31.1 Å². The van der Waals surface area contributed by atoms with Crippen molar-refractivity contribution in [2.45, 2.75) is 86.8 Å². The second kappa shape index (κ2) is 22.6. The van der Waals surface area contributed by atoms with Crippen molar-refractivity contribution < 1.29 is 104 Å². The SMILES string of the molecule is CCCCOC[C@H]1[C@@H](O)[C@H]([n+]2cn(C)c3c(=O)[nH]c(N)nc32)O[C@@H]1COP(=O)(O)OP(=O)(O)OP(=O)(O)OC[C@H]1O[C@@H](n2cnc3c(N)ncnc32)[C@H](OC)[C@@H]1P(=O)([O-])OC[C@H]1O[C@@H](n2ccc(=O)[nH]c2=O)[C@H](O)[C@@H]1O. The molecule has 40 heteroatoms. The third-order valence-corrected chi connectivity index (χ3v) is 18.4. The van der Waals surface area contributed by atoms with Crippen LogP contribution in [0.1, 0.15) is 38.4 Å². The van der Waals surface area contributed by atoms with E-state index in [1.54, 1.807) is 0 Å². The Hall–Kier alpha value is -4.58. The number of aryl methyl sites for hydroxylation is 1. The summed E-state index contributed by atoms with van der Waals surface area (Å²) in [5, 5.41) is 32.9. The molecule has 4 unspecified atom stereocenters. The molecule has 0 spiro atoms. The van der Waals surface area contributed by atoms with Crippen LogP contribution in [0.15, 0.2) is 45.6 Å². The molecule has 8 heterocycles. The standard InChI is InChI=1S/C36H52N12O24P4/c1-4-5-8-64-9-16-17(68-32(23(16)50)48-15-45(2)22-30(48)43-35(38)44-31(22)53)10-66-74(57,58)71-76(61,62)72-75(59,60)67-12-19-27(26(63-3)34(70-19)47-14-41-21-28(37)39-13-40-29(21)47)73(55,56)65-11-18-24(51)25(52)33(69-18)46-7-6-20(49)42-36(46)54/h6-7,13-19,23-27,32-34,50-52H,4-5,8-12H2,1-3H3,(H9-,37,38,39,40,42,43,44,49,53,54,55,56,57,58,59,60,61,62)/t16-,17-,18-,19-,23-,24-,25-,26-,27-,32-,33-,34-/m1/s1. The Morgan fingerprint density at radius 1 is 0.829 bits per heavy atom. The second-order valence-corrected chi connectivity index (χ2v) is 23.9. The minimum absolute atomic E-state index is 0.0157. The van der Waals surface area contributed by atoms with Gasteiger partial charge in [0.05, 0.1) is 57.7 Å². The van der Waals surface area contributed by atoms with Gasteiger partial charge in [0.1, 0.15) is 50.0 Å². The van der Waals surface area contributed by atoms with E-state index in [2.05, 4.69) is 33.5 Å². The molecule has 5 aromatic rings. The zero-order chi connectivity index (χ0) is 55.2. The largest absolute Gasteiger partial charge is 0.778 e. The molecule has 5 aromatic heterocycles. The van der Waals surface area contributed by atoms with Gasteiger partial charge in [-0.05, 0) is 6.42 Å². The van der Waals surface area contributed by atoms with E-state index in [9.17, 15) is 67.5 Å². The fourth-order valence-corrected chi connectivity index (χ4v) is 14.0. The van der Waals surface area contributed by atoms with Crippen LogP contribution in [0.25, 0.3) is 22.3 Å². The van der Waals surface area contributed by atoms with Crippen molar-refractivity contribution in [1.82, 2.24) is 43.6 Å². The molecule has 76 heavy (non-hydrogen) atoms. The number of phosphoric acid groups is 3. The van der Waals surface area contributed by atoms with Crippen molar-refractivity contribution in [3.8, 4) is 0 Å². The number of nitrogens with two attached hydrogens (primary N) is 2. The lowest BCUT2D eigenvalue weighted by Gasteiger charge is -2.35. The van der Waals surface area contributed by atoms with Gasteiger partial charge in [-0.15, -0.1) is 0 Å². The predicted octanol–water partition coefficient (Wildman–Crippen LogP) is -3.37. The molecule has 3 aliphatic heterocycles. The topological polar surface area (TPSA) is 510 Å². The minimum Gasteiger partial charge on any atom is -0.778 e. The molecule has 0 aliphatic carbocycles. The van der Waals surface area contributed by atoms with Gasteiger partial charge < -0.3 is 79.1 Å². The van der Waals surface area contributed by atoms with Gasteiger partial charge >= 0.3 is 34.8 Å². The Labute approximate surface area is 425 Å². The first-order chi connectivity index (χ1) is 35.7. The van der Waals surface area contributed by atoms with Crippen LogP contribution in [-0.4, -0.2) is 162 Å². The number of unbranched alkanes of at least 4 members (excludes halogenated alkanes) is 1. The van der Waals surface area contributed by atoms with Gasteiger partial charge in [0.25, 0.3) is 17.1 Å². The summed E-state index contributed by atoms with van der Waals surface area (Å²) in [5.74, 6) is -1.41. The molecule has 36 nitrogen and oxygen atoms in total. The van der Waals surface area contributed by atoms with Crippen molar-refractivity contribution in [2.24, 2.45) is 13.0 Å². The average molecular weight is 1160 g/mol. The number of nitrogens with one attached hydrogen (secondary N) is 2. The maximum atomic E-state index is 14.2. The number of anilines is 2. The highest BCUT2D eigenvalue weighted by atomic mass is 31.3. The maximum absolute atomic E-state index is 14.2. The molecule has 0 amide bonds. The number of hydrogen-bond donors (Lipinski definition) is 10. The maximum Gasteiger partial charge on any atom is 0.490 e. The first-order valence-electron chi connectivity index (χ1n) is 22.5. The molecule has 420 valence electrons. The van der Waals surface area contributed by atoms with Gasteiger partial charge in [0, 0.05) is 31.9 Å². The van der Waals surface area contributed by atoms with Gasteiger partial charge in [-0.3, -0.25) is 42.3 Å². The summed E-state index contributed by atoms with van der Waals surface area (Å²) in [6, 6.07) is 0.919. The molecule has 0 saturated carbocycles. The number of rotatable bonds is 23. The quantitative estimate of drug-likeness (QED) is 0.0173. The van der Waals surface area contributed by atoms with Crippen LogP contribution in [0.5, 0.6) is 0 Å². The number of hydrogen-bond acceptors (Lipinski definition) is 27. The van der Waals surface area contributed by atoms with E-state index in [1.165, 1.54) is 22.5 Å². The van der Waals surface area contributed by atoms with Crippen LogP contribution in [0.2, 0.25) is 0 Å². The highest BCUT2D eigenvalue weighted by molar-refractivity contribution is 7.66. The highest BCUT2D eigenvalue weighted by Gasteiger charge is 2.55. The lowest BCUT2D eigenvalue weighted by atomic mass is 9.99. The van der Waals surface area contributed by atoms with Crippen molar-refractivity contribution >= 4 is 65.2 Å². The Morgan fingerprint density at radius 2 is 1.50 bits per heavy atom. The molecule has 3 saturated heterocycles. The number of H-pyrrole nitrogens is 2. The summed E-state index contributed by atoms with van der Waals surface area (Å²) in [4.78, 5) is 103. The molecule has 0 bridgehead atoms. The van der Waals surface area contributed by atoms with E-state index in [0.29, 0.717) is 6.42 Å². The van der Waals surface area contributed by atoms with Crippen LogP contribution in [-0.2, 0) is 71.2 Å². The van der Waals surface area contributed by atoms with Gasteiger partial charge in [-0.1, -0.05) is 18.3 Å². The van der Waals surface area contributed by atoms with Crippen molar-refractivity contribution in [1.29, 1.82) is 0 Å². The smallest absolute Gasteiger partial charge is 0.490 e. The summed E-state index contributed by atoms with van der Waals surface area (Å²) in [7, 11) is -21.0. The van der Waals surface area contributed by atoms with Crippen LogP contribution in [0.4, 0.5) is 11.8 Å². The second-order valence-electron chi connectivity index (χ2n) is 17.3. The van der Waals surface area contributed by atoms with Gasteiger partial charge in [-0.25, -0.2) is 38.0 Å². The third-order valence-electron chi connectivity index (χ3n) is 12.2. The van der Waals surface area contributed by atoms with Crippen molar-refractivity contribution in [3.05, 3.63) is 62.4 Å². The number of ether oxygens (including phenoxy) is 5. The fourth-order valence-electron chi connectivity index (χ4n) is 8.73. The molecule has 0 aromatic carbocycles. The Balaban J connectivity index is 0.960. The minimum atomic E-state index is -6.21. The molecule has 0 radical (unpaired) electrons. The van der Waals surface area contributed by atoms with Crippen molar-refractivity contribution in [3.63, 3.8) is 0 Å². The lowest BCUT2D eigenvalue weighted by Crippen LogP contribution is -2.45. The van der Waals surface area contributed by atoms with E-state index in [1.807, 2.05) is 11.9 Å². The lowest BCUT2D eigenvalue weighted by molar-refractivity contribution is -0.745. The van der Waals surface area contributed by atoms with Gasteiger partial charge in [-0.2, -0.15) is 8.62 Å². The highest BCUT2D eigenvalue weighted by Crippen LogP contribution is 2.68. The van der Waals surface area contributed by atoms with E-state index in [0.717, 1.165) is 47.6 Å². The first-order valence-corrected chi connectivity index (χ1v) is 28.6. The van der Waals surface area contributed by atoms with E-state index in [4.69, 9.17) is 48.7 Å². The van der Waals surface area contributed by atoms with Crippen LogP contribution in [0, 0.1) is 5.92 Å². The number of fused-ring (bicyclic) bond motifs is 2. The number of aliphatic hydroxyl groups is 3. The van der Waals surface area contributed by atoms with E-state index < -0.39 is 141 Å². The van der Waals surface area contributed by atoms with Crippen LogP contribution < -0.4 is 37.7 Å². The summed E-state index contributed by atoms with van der Waals surface area (Å²) < 4.78 is 111. The number of methoxy groups -OCH3 is 1. The monoisotopic (exact) mass is 1160 g/mol. The van der Waals surface area contributed by atoms with E-state index in [-0.39, 0.29) is 47.3 Å². The first kappa shape index (κ1) is 57.6. The number of nitrogens with zero attached hydrogens (tertiary/aromatic N) is 8. The molecule has 12 N–H and O–H groups in total. The number of imidazole rings is 2. The number of phosphoric ester groups is 2. The molecule has 16 atom stereocenters. The van der Waals surface area contributed by atoms with Gasteiger partial charge in [0.2, 0.25) is 11.7 Å². The summed E-state index contributed by atoms with van der Waals surface area (Å²) in [6.45, 7) is -1.43. The predicted molar refractivity (Wildman–Crippen MR) is 248 cm³/mol. The summed E-state index contributed by atoms with van der Waals surface area (Å²) in [6.07, 6.45) is -10.6. The molecular formula is C36H52N12O24P4. The number of aromatic nitrogens is 10. The Morgan fingerprint density at radius 3 is 2.17 bits per heavy atom. The molecule has 3 aliphatic rings. The summed E-state index contributed by atoms with van der Waals surface area (Å²) >= 11 is 0. The average Bonchev–Trinajstić information content (AvgIpc) is 4.20. The number of aromatic amines is 2.